The molecule has 180 valence electrons. The van der Waals surface area contributed by atoms with E-state index in [0.717, 1.165) is 28.0 Å². The number of ketones is 1. The van der Waals surface area contributed by atoms with Gasteiger partial charge in [-0.1, -0.05) is 39.0 Å². The van der Waals surface area contributed by atoms with Crippen molar-refractivity contribution in [3.05, 3.63) is 54.9 Å². The van der Waals surface area contributed by atoms with Crippen molar-refractivity contribution in [2.45, 2.75) is 46.5 Å². The van der Waals surface area contributed by atoms with Gasteiger partial charge in [0.25, 0.3) is 5.56 Å². The first-order chi connectivity index (χ1) is 15.2. The molecular formula is C23H27F3N2O4S. The summed E-state index contributed by atoms with van der Waals surface area (Å²) in [5, 5.41) is 2.68. The highest BCUT2D eigenvalue weighted by molar-refractivity contribution is 7.07. The number of carbonyl (C=O) groups excluding carboxylic acids is 2. The van der Waals surface area contributed by atoms with Gasteiger partial charge in [0.2, 0.25) is 5.91 Å². The third-order valence-corrected chi connectivity index (χ3v) is 5.67. The minimum atomic E-state index is -4.60. The number of benzene rings is 1. The summed E-state index contributed by atoms with van der Waals surface area (Å²) < 4.78 is 46.4. The Morgan fingerprint density at radius 3 is 2.42 bits per heavy atom. The summed E-state index contributed by atoms with van der Waals surface area (Å²) in [5.41, 5.74) is -2.46. The number of amides is 1. The van der Waals surface area contributed by atoms with Crippen LogP contribution < -0.4 is 20.1 Å². The van der Waals surface area contributed by atoms with Gasteiger partial charge in [-0.25, -0.2) is 0 Å². The number of hydrogen-bond acceptors (Lipinski definition) is 5. The Morgan fingerprint density at radius 1 is 1.21 bits per heavy atom. The third kappa shape index (κ3) is 7.13. The number of nitrogens with zero attached hydrogens (tertiary/aromatic N) is 1. The molecule has 0 aliphatic rings. The molecule has 0 spiro atoms. The molecule has 0 saturated heterocycles. The van der Waals surface area contributed by atoms with Crippen LogP contribution >= 0.6 is 11.3 Å². The van der Waals surface area contributed by atoms with Crippen molar-refractivity contribution in [1.29, 1.82) is 0 Å². The second-order valence-corrected chi connectivity index (χ2v) is 9.67. The van der Waals surface area contributed by atoms with E-state index in [-0.39, 0.29) is 39.7 Å². The number of Topliss-reactive ketones (excluding diaryl/α,β-unsaturated/α-hetero) is 1. The molecule has 1 aromatic carbocycles. The standard InChI is InChI=1S/C23H27F3N2O4S/c1-14(13-32-5)27-19(30)12-28-20(11-18(29)22(2,3)4)33-17(21(28)31)10-15-8-6-7-9-16(15)23(24,25)26/h6-11,14H,12-13H2,1-5H3,(H,27,30)/b17-10-,20-11+. The lowest BCUT2D eigenvalue weighted by Gasteiger charge is -2.14. The summed E-state index contributed by atoms with van der Waals surface area (Å²) in [5.74, 6) is -0.771. The van der Waals surface area contributed by atoms with Crippen LogP contribution in [0, 0.1) is 5.41 Å². The molecule has 1 aromatic heterocycles. The highest BCUT2D eigenvalue weighted by Crippen LogP contribution is 2.32. The van der Waals surface area contributed by atoms with E-state index in [4.69, 9.17) is 4.74 Å². The van der Waals surface area contributed by atoms with Crippen LogP contribution in [0.2, 0.25) is 0 Å². The molecule has 1 heterocycles. The molecule has 0 fully saturated rings. The van der Waals surface area contributed by atoms with Gasteiger partial charge in [-0.15, -0.1) is 11.3 Å². The van der Waals surface area contributed by atoms with Crippen molar-refractivity contribution in [2.75, 3.05) is 13.7 Å². The Hall–Kier alpha value is -2.72. The van der Waals surface area contributed by atoms with E-state index in [1.165, 1.54) is 31.4 Å². The fourth-order valence-corrected chi connectivity index (χ4v) is 3.93. The van der Waals surface area contributed by atoms with Crippen molar-refractivity contribution in [1.82, 2.24) is 9.88 Å². The van der Waals surface area contributed by atoms with Gasteiger partial charge in [0.15, 0.2) is 5.78 Å². The van der Waals surface area contributed by atoms with Gasteiger partial charge in [-0.2, -0.15) is 13.2 Å². The quantitative estimate of drug-likeness (QED) is 0.655. The van der Waals surface area contributed by atoms with E-state index in [9.17, 15) is 27.6 Å². The predicted octanol–water partition coefficient (Wildman–Crippen LogP) is 2.30. The van der Waals surface area contributed by atoms with Gasteiger partial charge >= 0.3 is 6.18 Å². The van der Waals surface area contributed by atoms with Crippen molar-refractivity contribution >= 4 is 35.2 Å². The average molecular weight is 485 g/mol. The molecule has 1 N–H and O–H groups in total. The van der Waals surface area contributed by atoms with Crippen LogP contribution in [0.5, 0.6) is 0 Å². The van der Waals surface area contributed by atoms with Gasteiger partial charge < -0.3 is 10.1 Å². The van der Waals surface area contributed by atoms with Crippen molar-refractivity contribution in [3.8, 4) is 0 Å². The third-order valence-electron chi connectivity index (χ3n) is 4.61. The number of methoxy groups -OCH3 is 1. The van der Waals surface area contributed by atoms with Crippen LogP contribution in [-0.4, -0.2) is 36.0 Å². The molecule has 0 aliphatic carbocycles. The molecule has 33 heavy (non-hydrogen) atoms. The van der Waals surface area contributed by atoms with E-state index in [1.807, 2.05) is 0 Å². The number of hydrogen-bond donors (Lipinski definition) is 1. The lowest BCUT2D eigenvalue weighted by molar-refractivity contribution is -0.137. The fourth-order valence-electron chi connectivity index (χ4n) is 2.90. The molecule has 0 aliphatic heterocycles. The number of alkyl halides is 3. The Morgan fingerprint density at radius 2 is 1.85 bits per heavy atom. The lowest BCUT2D eigenvalue weighted by Crippen LogP contribution is -2.42. The second-order valence-electron chi connectivity index (χ2n) is 8.61. The topological polar surface area (TPSA) is 77.4 Å². The fraction of sp³-hybridized carbons (Fsp3) is 0.435. The second kappa shape index (κ2) is 10.5. The normalized spacial score (nSPS) is 14.4. The van der Waals surface area contributed by atoms with Gasteiger partial charge in [0.1, 0.15) is 11.2 Å². The first-order valence-corrected chi connectivity index (χ1v) is 11.0. The zero-order valence-corrected chi connectivity index (χ0v) is 19.9. The summed E-state index contributed by atoms with van der Waals surface area (Å²) in [6, 6.07) is 4.58. The van der Waals surface area contributed by atoms with Crippen LogP contribution in [0.15, 0.2) is 29.1 Å². The van der Waals surface area contributed by atoms with Crippen LogP contribution in [0.4, 0.5) is 13.2 Å². The van der Waals surface area contributed by atoms with E-state index >= 15 is 0 Å². The molecule has 0 saturated carbocycles. The van der Waals surface area contributed by atoms with Crippen LogP contribution in [0.1, 0.15) is 38.8 Å². The highest BCUT2D eigenvalue weighted by atomic mass is 32.1. The van der Waals surface area contributed by atoms with Crippen molar-refractivity contribution in [3.63, 3.8) is 0 Å². The average Bonchev–Trinajstić information content (AvgIpc) is 2.95. The smallest absolute Gasteiger partial charge is 0.383 e. The maximum absolute atomic E-state index is 13.4. The molecule has 6 nitrogen and oxygen atoms in total. The number of thiazole rings is 1. The lowest BCUT2D eigenvalue weighted by atomic mass is 9.91. The van der Waals surface area contributed by atoms with Gasteiger partial charge in [0.05, 0.1) is 16.7 Å². The summed E-state index contributed by atoms with van der Waals surface area (Å²) in [7, 11) is 1.48. The molecule has 0 radical (unpaired) electrons. The molecule has 2 aromatic rings. The number of ether oxygens (including phenoxy) is 1. The minimum absolute atomic E-state index is 0.0163. The highest BCUT2D eigenvalue weighted by Gasteiger charge is 2.32. The summed E-state index contributed by atoms with van der Waals surface area (Å²) in [6.45, 7) is 6.70. The SMILES string of the molecule is COCC(C)NC(=O)Cn1c(=O)/c(=C/c2ccccc2C(F)(F)F)s/c1=C/C(=O)C(C)(C)C. The van der Waals surface area contributed by atoms with E-state index < -0.39 is 28.6 Å². The molecule has 0 bridgehead atoms. The Labute approximate surface area is 193 Å². The van der Waals surface area contributed by atoms with Crippen LogP contribution in [0.25, 0.3) is 12.2 Å². The maximum Gasteiger partial charge on any atom is 0.416 e. The first-order valence-electron chi connectivity index (χ1n) is 10.2. The molecule has 1 amide bonds. The Bertz CT molecular complexity index is 1190. The molecular weight excluding hydrogens is 457 g/mol. The number of aromatic nitrogens is 1. The van der Waals surface area contributed by atoms with Gasteiger partial charge in [0, 0.05) is 24.6 Å². The van der Waals surface area contributed by atoms with E-state index in [1.54, 1.807) is 27.7 Å². The van der Waals surface area contributed by atoms with E-state index in [0.29, 0.717) is 0 Å². The van der Waals surface area contributed by atoms with Crippen LogP contribution in [-0.2, 0) is 27.0 Å². The van der Waals surface area contributed by atoms with Crippen LogP contribution in [0.3, 0.4) is 0 Å². The summed E-state index contributed by atoms with van der Waals surface area (Å²) in [4.78, 5) is 38.1. The molecule has 1 unspecified atom stereocenters. The predicted molar refractivity (Wildman–Crippen MR) is 121 cm³/mol. The monoisotopic (exact) mass is 484 g/mol. The largest absolute Gasteiger partial charge is 0.416 e. The number of carbonyl (C=O) groups is 2. The van der Waals surface area contributed by atoms with Crippen molar-refractivity contribution < 1.29 is 27.5 Å². The minimum Gasteiger partial charge on any atom is -0.383 e. The number of nitrogens with one attached hydrogen (secondary N) is 1. The summed E-state index contributed by atoms with van der Waals surface area (Å²) >= 11 is 0.862. The van der Waals surface area contributed by atoms with Gasteiger partial charge in [-0.05, 0) is 24.6 Å². The summed E-state index contributed by atoms with van der Waals surface area (Å²) in [6.07, 6.45) is -2.21. The molecule has 10 heteroatoms. The zero-order valence-electron chi connectivity index (χ0n) is 19.1. The number of halogens is 3. The maximum atomic E-state index is 13.4. The number of rotatable bonds is 7. The Kier molecular flexibility index (Phi) is 8.42. The van der Waals surface area contributed by atoms with E-state index in [2.05, 4.69) is 5.32 Å². The Balaban J connectivity index is 2.65. The molecule has 2 rings (SSSR count). The van der Waals surface area contributed by atoms with Gasteiger partial charge in [-0.3, -0.25) is 19.0 Å². The van der Waals surface area contributed by atoms with Crippen molar-refractivity contribution in [2.24, 2.45) is 5.41 Å². The molecule has 1 atom stereocenters. The first kappa shape index (κ1) is 26.5. The zero-order chi connectivity index (χ0) is 25.0.